The summed E-state index contributed by atoms with van der Waals surface area (Å²) < 4.78 is 1.70. The minimum absolute atomic E-state index is 0.0625. The van der Waals surface area contributed by atoms with Gasteiger partial charge in [-0.05, 0) is 44.2 Å². The summed E-state index contributed by atoms with van der Waals surface area (Å²) >= 11 is 6.23. The fraction of sp³-hybridized carbons (Fsp3) is 0.136. The van der Waals surface area contributed by atoms with Crippen LogP contribution in [0, 0.1) is 13.8 Å². The third kappa shape index (κ3) is 3.04. The molecule has 0 unspecified atom stereocenters. The van der Waals surface area contributed by atoms with E-state index < -0.39 is 5.91 Å². The number of hydrogen-bond acceptors (Lipinski definition) is 3. The molecule has 0 aliphatic heterocycles. The van der Waals surface area contributed by atoms with Crippen molar-refractivity contribution >= 4 is 45.0 Å². The second-order valence-electron chi connectivity index (χ2n) is 6.90. The Bertz CT molecular complexity index is 1330. The monoisotopic (exact) mass is 391 g/mol. The highest BCUT2D eigenvalue weighted by molar-refractivity contribution is 6.35. The van der Waals surface area contributed by atoms with Crippen LogP contribution in [-0.4, -0.2) is 15.5 Å². The molecular formula is C22H18ClN3O2. The fourth-order valence-corrected chi connectivity index (χ4v) is 3.75. The van der Waals surface area contributed by atoms with Crippen LogP contribution in [0.3, 0.4) is 0 Å². The molecule has 140 valence electrons. The van der Waals surface area contributed by atoms with Crippen LogP contribution in [0.5, 0.6) is 0 Å². The number of benzene rings is 2. The standard InChI is InChI=1S/C22H18ClN3O2/c1-12-7-8-18-15(9-12)19(10-13(2)24-18)25-22(28)16-11-26(3)20-14(21(16)27)5-4-6-17(20)23/h4-11H,1-3H3,(H,24,25,28). The number of para-hydroxylation sites is 1. The van der Waals surface area contributed by atoms with Gasteiger partial charge in [0.2, 0.25) is 5.43 Å². The zero-order valence-electron chi connectivity index (χ0n) is 15.7. The Morgan fingerprint density at radius 1 is 1.11 bits per heavy atom. The quantitative estimate of drug-likeness (QED) is 0.542. The molecule has 0 saturated heterocycles. The van der Waals surface area contributed by atoms with Crippen molar-refractivity contribution in [2.75, 3.05) is 5.32 Å². The summed E-state index contributed by atoms with van der Waals surface area (Å²) in [6, 6.07) is 12.8. The van der Waals surface area contributed by atoms with Crippen LogP contribution >= 0.6 is 11.6 Å². The van der Waals surface area contributed by atoms with E-state index in [2.05, 4.69) is 10.3 Å². The molecule has 0 fully saturated rings. The molecule has 0 atom stereocenters. The SMILES string of the molecule is Cc1ccc2nc(C)cc(NC(=O)c3cn(C)c4c(Cl)cccc4c3=O)c2c1. The van der Waals surface area contributed by atoms with Gasteiger partial charge in [-0.3, -0.25) is 14.6 Å². The molecule has 28 heavy (non-hydrogen) atoms. The number of rotatable bonds is 2. The summed E-state index contributed by atoms with van der Waals surface area (Å²) in [5, 5.41) is 4.60. The molecular weight excluding hydrogens is 374 g/mol. The number of nitrogens with one attached hydrogen (secondary N) is 1. The van der Waals surface area contributed by atoms with Crippen molar-refractivity contribution in [1.29, 1.82) is 0 Å². The lowest BCUT2D eigenvalue weighted by molar-refractivity contribution is 0.102. The molecule has 5 nitrogen and oxygen atoms in total. The van der Waals surface area contributed by atoms with Gasteiger partial charge in [0.05, 0.1) is 21.7 Å². The third-order valence-corrected chi connectivity index (χ3v) is 5.04. The van der Waals surface area contributed by atoms with Crippen molar-refractivity contribution in [3.8, 4) is 0 Å². The van der Waals surface area contributed by atoms with Gasteiger partial charge in [-0.25, -0.2) is 0 Å². The maximum absolute atomic E-state index is 13.0. The van der Waals surface area contributed by atoms with Gasteiger partial charge in [0.15, 0.2) is 0 Å². The lowest BCUT2D eigenvalue weighted by atomic mass is 10.1. The van der Waals surface area contributed by atoms with Gasteiger partial charge in [0.1, 0.15) is 5.56 Å². The van der Waals surface area contributed by atoms with Gasteiger partial charge in [-0.1, -0.05) is 29.3 Å². The summed E-state index contributed by atoms with van der Waals surface area (Å²) in [6.07, 6.45) is 1.52. The van der Waals surface area contributed by atoms with Crippen LogP contribution in [0.25, 0.3) is 21.8 Å². The van der Waals surface area contributed by atoms with Crippen molar-refractivity contribution in [3.05, 3.63) is 80.7 Å². The van der Waals surface area contributed by atoms with Gasteiger partial charge in [-0.15, -0.1) is 0 Å². The lowest BCUT2D eigenvalue weighted by Crippen LogP contribution is -2.23. The molecule has 4 rings (SSSR count). The predicted octanol–water partition coefficient (Wildman–Crippen LogP) is 4.61. The molecule has 4 aromatic rings. The minimum atomic E-state index is -0.462. The highest BCUT2D eigenvalue weighted by atomic mass is 35.5. The largest absolute Gasteiger partial charge is 0.348 e. The Labute approximate surface area is 166 Å². The van der Waals surface area contributed by atoms with E-state index in [1.807, 2.05) is 38.1 Å². The topological polar surface area (TPSA) is 64.0 Å². The number of carbonyl (C=O) groups is 1. The molecule has 0 radical (unpaired) electrons. The lowest BCUT2D eigenvalue weighted by Gasteiger charge is -2.13. The second-order valence-corrected chi connectivity index (χ2v) is 7.31. The first kappa shape index (κ1) is 18.2. The smallest absolute Gasteiger partial charge is 0.261 e. The van der Waals surface area contributed by atoms with Crippen LogP contribution in [0.4, 0.5) is 5.69 Å². The summed E-state index contributed by atoms with van der Waals surface area (Å²) in [5.74, 6) is -0.462. The van der Waals surface area contributed by atoms with E-state index in [4.69, 9.17) is 11.6 Å². The normalized spacial score (nSPS) is 11.1. The molecule has 6 heteroatoms. The van der Waals surface area contributed by atoms with Crippen molar-refractivity contribution in [2.45, 2.75) is 13.8 Å². The number of halogens is 1. The molecule has 2 heterocycles. The predicted molar refractivity (Wildman–Crippen MR) is 113 cm³/mol. The first-order valence-corrected chi connectivity index (χ1v) is 9.20. The number of amides is 1. The molecule has 2 aromatic carbocycles. The van der Waals surface area contributed by atoms with Gasteiger partial charge < -0.3 is 9.88 Å². The highest BCUT2D eigenvalue weighted by Crippen LogP contribution is 2.25. The Morgan fingerprint density at radius 3 is 2.68 bits per heavy atom. The number of anilines is 1. The van der Waals surface area contributed by atoms with Crippen LogP contribution in [-0.2, 0) is 7.05 Å². The first-order valence-electron chi connectivity index (χ1n) is 8.82. The number of aromatic nitrogens is 2. The average molecular weight is 392 g/mol. The van der Waals surface area contributed by atoms with Crippen LogP contribution < -0.4 is 10.7 Å². The molecule has 0 bridgehead atoms. The molecule has 2 aromatic heterocycles. The van der Waals surface area contributed by atoms with Crippen molar-refractivity contribution in [3.63, 3.8) is 0 Å². The summed E-state index contributed by atoms with van der Waals surface area (Å²) in [6.45, 7) is 3.85. The number of fused-ring (bicyclic) bond motifs is 2. The van der Waals surface area contributed by atoms with E-state index in [-0.39, 0.29) is 11.0 Å². The van der Waals surface area contributed by atoms with E-state index in [9.17, 15) is 9.59 Å². The first-order chi connectivity index (χ1) is 13.3. The van der Waals surface area contributed by atoms with Crippen molar-refractivity contribution in [2.24, 2.45) is 7.05 Å². The number of aryl methyl sites for hydroxylation is 3. The molecule has 1 N–H and O–H groups in total. The Kier molecular flexibility index (Phi) is 4.40. The van der Waals surface area contributed by atoms with E-state index in [0.29, 0.717) is 21.6 Å². The number of nitrogens with zero attached hydrogens (tertiary/aromatic N) is 2. The molecule has 0 aliphatic rings. The van der Waals surface area contributed by atoms with E-state index >= 15 is 0 Å². The maximum Gasteiger partial charge on any atom is 0.261 e. The van der Waals surface area contributed by atoms with Crippen molar-refractivity contribution in [1.82, 2.24) is 9.55 Å². The zero-order chi connectivity index (χ0) is 20.0. The summed E-state index contributed by atoms with van der Waals surface area (Å²) in [4.78, 5) is 30.4. The van der Waals surface area contributed by atoms with E-state index in [1.165, 1.54) is 6.20 Å². The highest BCUT2D eigenvalue weighted by Gasteiger charge is 2.17. The second kappa shape index (κ2) is 6.77. The maximum atomic E-state index is 13.0. The van der Waals surface area contributed by atoms with Crippen molar-refractivity contribution < 1.29 is 4.79 Å². The van der Waals surface area contributed by atoms with Crippen LogP contribution in [0.1, 0.15) is 21.6 Å². The fourth-order valence-electron chi connectivity index (χ4n) is 3.45. The van der Waals surface area contributed by atoms with E-state index in [0.717, 1.165) is 22.2 Å². The van der Waals surface area contributed by atoms with Gasteiger partial charge >= 0.3 is 0 Å². The van der Waals surface area contributed by atoms with Gasteiger partial charge in [0.25, 0.3) is 5.91 Å². The third-order valence-electron chi connectivity index (χ3n) is 4.74. The van der Waals surface area contributed by atoms with Crippen LogP contribution in [0.2, 0.25) is 5.02 Å². The Balaban J connectivity index is 1.84. The molecule has 0 spiro atoms. The minimum Gasteiger partial charge on any atom is -0.348 e. The Morgan fingerprint density at radius 2 is 1.89 bits per heavy atom. The molecule has 0 saturated carbocycles. The number of hydrogen-bond donors (Lipinski definition) is 1. The zero-order valence-corrected chi connectivity index (χ0v) is 16.5. The summed E-state index contributed by atoms with van der Waals surface area (Å²) in [5.41, 5.74) is 3.58. The van der Waals surface area contributed by atoms with E-state index in [1.54, 1.807) is 29.8 Å². The Hall–Kier alpha value is -3.18. The summed E-state index contributed by atoms with van der Waals surface area (Å²) in [7, 11) is 1.76. The number of pyridine rings is 2. The van der Waals surface area contributed by atoms with Gasteiger partial charge in [-0.2, -0.15) is 0 Å². The van der Waals surface area contributed by atoms with Gasteiger partial charge in [0, 0.05) is 29.7 Å². The van der Waals surface area contributed by atoms with Crippen LogP contribution in [0.15, 0.2) is 53.5 Å². The molecule has 0 aliphatic carbocycles. The molecule has 1 amide bonds. The number of carbonyl (C=O) groups excluding carboxylic acids is 1. The average Bonchev–Trinajstić information content (AvgIpc) is 2.65.